The quantitative estimate of drug-likeness (QED) is 0.101. The number of ether oxygens (including phenoxy) is 5. The van der Waals surface area contributed by atoms with E-state index in [4.69, 9.17) is 23.7 Å². The maximum atomic E-state index is 11.0. The predicted octanol–water partition coefficient (Wildman–Crippen LogP) is 5.94. The fourth-order valence-corrected chi connectivity index (χ4v) is 2.78. The molecule has 3 aromatic carbocycles. The second-order valence-corrected chi connectivity index (χ2v) is 8.22. The van der Waals surface area contributed by atoms with Crippen molar-refractivity contribution in [2.75, 3.05) is 33.0 Å². The van der Waals surface area contributed by atoms with Crippen LogP contribution in [0.15, 0.2) is 128 Å². The van der Waals surface area contributed by atoms with Crippen molar-refractivity contribution in [1.82, 2.24) is 0 Å². The van der Waals surface area contributed by atoms with Gasteiger partial charge in [-0.2, -0.15) is 0 Å². The second-order valence-electron chi connectivity index (χ2n) is 8.22. The highest BCUT2D eigenvalue weighted by molar-refractivity contribution is 5.86. The summed E-state index contributed by atoms with van der Waals surface area (Å²) in [4.78, 5) is 32.3. The zero-order valence-electron chi connectivity index (χ0n) is 23.9. The molecule has 0 aliphatic heterocycles. The number of para-hydroxylation sites is 2. The van der Waals surface area contributed by atoms with Crippen molar-refractivity contribution in [1.29, 1.82) is 0 Å². The van der Waals surface area contributed by atoms with E-state index in [1.807, 2.05) is 91.0 Å². The molecule has 0 amide bonds. The maximum absolute atomic E-state index is 11.0. The number of carbonyl (C=O) groups excluding carboxylic acids is 3. The first kappa shape index (κ1) is 34.9. The number of hydrogen-bond donors (Lipinski definition) is 0. The highest BCUT2D eigenvalue weighted by Gasteiger charge is 2.02. The molecule has 8 nitrogen and oxygen atoms in total. The van der Waals surface area contributed by atoms with Gasteiger partial charge in [-0.05, 0) is 36.8 Å². The average molecular weight is 575 g/mol. The topological polar surface area (TPSA) is 97.4 Å². The van der Waals surface area contributed by atoms with Crippen LogP contribution in [0.3, 0.4) is 0 Å². The first-order valence-electron chi connectivity index (χ1n) is 13.2. The van der Waals surface area contributed by atoms with Crippen LogP contribution in [-0.4, -0.2) is 50.9 Å². The van der Waals surface area contributed by atoms with E-state index in [1.165, 1.54) is 11.6 Å². The molecule has 0 heterocycles. The normalized spacial score (nSPS) is 9.26. The molecule has 0 aromatic heterocycles. The molecule has 0 aliphatic carbocycles. The molecule has 8 heteroatoms. The smallest absolute Gasteiger partial charge is 0.333 e. The van der Waals surface area contributed by atoms with E-state index < -0.39 is 5.97 Å². The van der Waals surface area contributed by atoms with Gasteiger partial charge < -0.3 is 23.7 Å². The summed E-state index contributed by atoms with van der Waals surface area (Å²) in [6.45, 7) is 13.3. The lowest BCUT2D eigenvalue weighted by molar-refractivity contribution is -0.140. The first-order chi connectivity index (χ1) is 20.3. The molecule has 42 heavy (non-hydrogen) atoms. The third kappa shape index (κ3) is 18.2. The van der Waals surface area contributed by atoms with Crippen molar-refractivity contribution in [2.45, 2.75) is 13.3 Å². The Bertz CT molecular complexity index is 1210. The zero-order valence-corrected chi connectivity index (χ0v) is 23.9. The van der Waals surface area contributed by atoms with Gasteiger partial charge in [0.05, 0.1) is 6.61 Å². The minimum atomic E-state index is -0.429. The molecule has 0 bridgehead atoms. The molecule has 0 saturated heterocycles. The molecule has 0 saturated carbocycles. The highest BCUT2D eigenvalue weighted by atomic mass is 16.6. The van der Waals surface area contributed by atoms with Crippen LogP contribution in [0.4, 0.5) is 0 Å². The maximum Gasteiger partial charge on any atom is 0.333 e. The Hall–Kier alpha value is -5.11. The summed E-state index contributed by atoms with van der Waals surface area (Å²) in [5.74, 6) is 0.357. The molecule has 0 N–H and O–H groups in total. The third-order valence-electron chi connectivity index (χ3n) is 4.83. The molecule has 0 atom stereocenters. The van der Waals surface area contributed by atoms with E-state index in [0.717, 1.165) is 24.0 Å². The van der Waals surface area contributed by atoms with Crippen LogP contribution < -0.4 is 9.47 Å². The lowest BCUT2D eigenvalue weighted by atomic mass is 10.2. The molecule has 0 unspecified atom stereocenters. The van der Waals surface area contributed by atoms with Gasteiger partial charge in [-0.15, -0.1) is 0 Å². The molecule has 0 spiro atoms. The number of esters is 3. The number of hydrogen-bond acceptors (Lipinski definition) is 8. The van der Waals surface area contributed by atoms with Crippen LogP contribution in [-0.2, 0) is 35.0 Å². The molecular weight excluding hydrogens is 536 g/mol. The van der Waals surface area contributed by atoms with E-state index >= 15 is 0 Å². The molecule has 3 aromatic rings. The summed E-state index contributed by atoms with van der Waals surface area (Å²) < 4.78 is 25.0. The van der Waals surface area contributed by atoms with Crippen LogP contribution >= 0.6 is 0 Å². The summed E-state index contributed by atoms with van der Waals surface area (Å²) in [5, 5.41) is 0. The van der Waals surface area contributed by atoms with Crippen molar-refractivity contribution in [3.8, 4) is 11.5 Å². The van der Waals surface area contributed by atoms with E-state index in [2.05, 4.69) is 19.7 Å². The van der Waals surface area contributed by atoms with Gasteiger partial charge in [0, 0.05) is 24.1 Å². The van der Waals surface area contributed by atoms with Gasteiger partial charge in [0.1, 0.15) is 37.9 Å². The Morgan fingerprint density at radius 1 is 0.595 bits per heavy atom. The molecule has 0 fully saturated rings. The molecule has 0 aliphatic rings. The van der Waals surface area contributed by atoms with Gasteiger partial charge in [-0.1, -0.05) is 86.5 Å². The van der Waals surface area contributed by atoms with Gasteiger partial charge in [0.2, 0.25) is 0 Å². The number of rotatable bonds is 14. The van der Waals surface area contributed by atoms with Crippen molar-refractivity contribution in [3.05, 3.63) is 134 Å². The van der Waals surface area contributed by atoms with E-state index in [1.54, 1.807) is 6.92 Å². The zero-order chi connectivity index (χ0) is 30.8. The van der Waals surface area contributed by atoms with E-state index in [9.17, 15) is 14.4 Å². The minimum absolute atomic E-state index is 0.236. The summed E-state index contributed by atoms with van der Waals surface area (Å²) in [6.07, 6.45) is 3.05. The predicted molar refractivity (Wildman–Crippen MR) is 162 cm³/mol. The monoisotopic (exact) mass is 574 g/mol. The van der Waals surface area contributed by atoms with Crippen molar-refractivity contribution in [2.24, 2.45) is 0 Å². The fourth-order valence-electron chi connectivity index (χ4n) is 2.78. The Morgan fingerprint density at radius 2 is 1.00 bits per heavy atom. The summed E-state index contributed by atoms with van der Waals surface area (Å²) in [6, 6.07) is 28.6. The summed E-state index contributed by atoms with van der Waals surface area (Å²) in [7, 11) is 0. The van der Waals surface area contributed by atoms with Crippen LogP contribution in [0.1, 0.15) is 12.5 Å². The third-order valence-corrected chi connectivity index (χ3v) is 4.83. The van der Waals surface area contributed by atoms with E-state index in [-0.39, 0.29) is 25.2 Å². The highest BCUT2D eigenvalue weighted by Crippen LogP contribution is 2.08. The van der Waals surface area contributed by atoms with Crippen LogP contribution in [0, 0.1) is 0 Å². The van der Waals surface area contributed by atoms with Gasteiger partial charge >= 0.3 is 17.9 Å². The minimum Gasteiger partial charge on any atom is -0.490 e. The molecule has 0 radical (unpaired) electrons. The lowest BCUT2D eigenvalue weighted by Gasteiger charge is -2.06. The van der Waals surface area contributed by atoms with Crippen LogP contribution in [0.2, 0.25) is 0 Å². The van der Waals surface area contributed by atoms with Gasteiger partial charge in [-0.3, -0.25) is 0 Å². The van der Waals surface area contributed by atoms with Gasteiger partial charge in [-0.25, -0.2) is 14.4 Å². The summed E-state index contributed by atoms with van der Waals surface area (Å²) in [5.41, 5.74) is 1.56. The fraction of sp³-hybridized carbons (Fsp3) is 0.206. The van der Waals surface area contributed by atoms with Crippen LogP contribution in [0.5, 0.6) is 11.5 Å². The van der Waals surface area contributed by atoms with Crippen molar-refractivity contribution >= 4 is 17.9 Å². The largest absolute Gasteiger partial charge is 0.490 e. The van der Waals surface area contributed by atoms with Crippen LogP contribution in [0.25, 0.3) is 0 Å². The Morgan fingerprint density at radius 3 is 1.43 bits per heavy atom. The standard InChI is InChI=1S/C12H14O3.C11H12O3.C11H12O2/c1-10(2)12(13)15-9-8-14-11-6-4-3-5-7-11;1-2-11(12)14-9-8-13-10-6-4-3-5-7-10;1-2-11(12)13-9-8-10-6-4-3-5-7-10/h3-7H,1,8-9H2,2H3;2-7H,1,8-9H2;2-7H,1,8-9H2. The summed E-state index contributed by atoms with van der Waals surface area (Å²) >= 11 is 0. The number of benzene rings is 3. The van der Waals surface area contributed by atoms with E-state index in [0.29, 0.717) is 25.4 Å². The first-order valence-corrected chi connectivity index (χ1v) is 13.2. The second kappa shape index (κ2) is 22.7. The van der Waals surface area contributed by atoms with Crippen molar-refractivity contribution < 1.29 is 38.1 Å². The van der Waals surface area contributed by atoms with Crippen molar-refractivity contribution in [3.63, 3.8) is 0 Å². The molecular formula is C34H38O8. The molecule has 3 rings (SSSR count). The Labute approximate surface area is 247 Å². The SMILES string of the molecule is C=C(C)C(=O)OCCOc1ccccc1.C=CC(=O)OCCOc1ccccc1.C=CC(=O)OCCc1ccccc1. The Balaban J connectivity index is 0.000000316. The average Bonchev–Trinajstić information content (AvgIpc) is 3.03. The Kier molecular flexibility index (Phi) is 18.9. The van der Waals surface area contributed by atoms with Gasteiger partial charge in [0.25, 0.3) is 0 Å². The number of carbonyl (C=O) groups is 3. The lowest BCUT2D eigenvalue weighted by Crippen LogP contribution is -2.12. The molecule has 222 valence electrons. The van der Waals surface area contributed by atoms with Gasteiger partial charge in [0.15, 0.2) is 0 Å².